The zero-order valence-corrected chi connectivity index (χ0v) is 19.2. The van der Waals surface area contributed by atoms with Crippen molar-refractivity contribution in [3.05, 3.63) is 89.3 Å². The van der Waals surface area contributed by atoms with Gasteiger partial charge < -0.3 is 5.73 Å². The van der Waals surface area contributed by atoms with Crippen LogP contribution in [0.4, 0.5) is 5.82 Å². The maximum Gasteiger partial charge on any atom is 0.146 e. The number of hydrogen-bond acceptors (Lipinski definition) is 6. The highest BCUT2D eigenvalue weighted by molar-refractivity contribution is 6.35. The predicted octanol–water partition coefficient (Wildman–Crippen LogP) is 4.68. The summed E-state index contributed by atoms with van der Waals surface area (Å²) in [7, 11) is 1.83. The van der Waals surface area contributed by atoms with Gasteiger partial charge in [-0.15, -0.1) is 0 Å². The molecule has 0 fully saturated rings. The maximum atomic E-state index is 12.8. The van der Waals surface area contributed by atoms with Crippen molar-refractivity contribution in [1.29, 1.82) is 0 Å². The van der Waals surface area contributed by atoms with E-state index >= 15 is 0 Å². The minimum Gasteiger partial charge on any atom is -0.382 e. The number of pyridine rings is 1. The van der Waals surface area contributed by atoms with Gasteiger partial charge in [-0.1, -0.05) is 48.0 Å². The Hall–Kier alpha value is -4.10. The summed E-state index contributed by atoms with van der Waals surface area (Å²) in [5.74, 6) is 0.212. The monoisotopic (exact) mass is 468 g/mol. The lowest BCUT2D eigenvalue weighted by atomic mass is 10.0. The van der Waals surface area contributed by atoms with E-state index in [4.69, 9.17) is 22.3 Å². The van der Waals surface area contributed by atoms with E-state index < -0.39 is 0 Å². The number of nitrogen functional groups attached to an aromatic ring is 1. The van der Waals surface area contributed by atoms with Crippen LogP contribution in [0.25, 0.3) is 33.5 Å². The van der Waals surface area contributed by atoms with Gasteiger partial charge in [-0.3, -0.25) is 14.5 Å². The first-order valence-electron chi connectivity index (χ1n) is 10.7. The summed E-state index contributed by atoms with van der Waals surface area (Å²) in [6, 6.07) is 19.0. The number of anilines is 1. The van der Waals surface area contributed by atoms with Crippen molar-refractivity contribution in [2.45, 2.75) is 12.8 Å². The van der Waals surface area contributed by atoms with Crippen molar-refractivity contribution in [3.63, 3.8) is 0 Å². The van der Waals surface area contributed by atoms with E-state index in [2.05, 4.69) is 15.1 Å². The van der Waals surface area contributed by atoms with Crippen LogP contribution in [0.15, 0.2) is 73.1 Å². The van der Waals surface area contributed by atoms with Crippen LogP contribution in [0.1, 0.15) is 11.3 Å². The van der Waals surface area contributed by atoms with Crippen molar-refractivity contribution in [2.24, 2.45) is 7.05 Å². The van der Waals surface area contributed by atoms with Gasteiger partial charge in [0, 0.05) is 36.8 Å². The Morgan fingerprint density at radius 2 is 1.82 bits per heavy atom. The molecule has 0 bridgehead atoms. The van der Waals surface area contributed by atoms with Crippen LogP contribution in [0.5, 0.6) is 0 Å². The Morgan fingerprint density at radius 1 is 1.00 bits per heavy atom. The average molecular weight is 469 g/mol. The molecule has 2 N–H and O–H groups in total. The first kappa shape index (κ1) is 21.7. The summed E-state index contributed by atoms with van der Waals surface area (Å²) in [5.41, 5.74) is 10.8. The third-order valence-corrected chi connectivity index (χ3v) is 5.78. The molecular weight excluding hydrogens is 448 g/mol. The van der Waals surface area contributed by atoms with Gasteiger partial charge in [0.15, 0.2) is 0 Å². The molecular formula is C26H21ClN6O. The standard InChI is InChI=1S/C26H21ClN6O/c1-33-11-9-21(32-33)25-24(18-13-17-8-5-10-29-23(17)20(27)14-18)30-22(26(28)31-25)15-19(34)12-16-6-3-2-4-7-16/h2-11,13-14H,12,15H2,1H3,(H2,28,31). The lowest BCUT2D eigenvalue weighted by Crippen LogP contribution is -2.12. The molecule has 0 amide bonds. The van der Waals surface area contributed by atoms with E-state index in [9.17, 15) is 4.79 Å². The molecule has 0 unspecified atom stereocenters. The second-order valence-electron chi connectivity index (χ2n) is 8.04. The molecule has 168 valence electrons. The van der Waals surface area contributed by atoms with Gasteiger partial charge in [0.1, 0.15) is 23.0 Å². The summed E-state index contributed by atoms with van der Waals surface area (Å²) in [6.45, 7) is 0. The number of benzene rings is 2. The number of Topliss-reactive ketones (excluding diaryl/α,β-unsaturated/α-hetero) is 1. The summed E-state index contributed by atoms with van der Waals surface area (Å²) >= 11 is 6.55. The number of rotatable bonds is 6. The number of ketones is 1. The molecule has 5 rings (SSSR count). The van der Waals surface area contributed by atoms with Gasteiger partial charge in [0.2, 0.25) is 0 Å². The second-order valence-corrected chi connectivity index (χ2v) is 8.45. The molecule has 0 aliphatic rings. The zero-order chi connectivity index (χ0) is 23.7. The predicted molar refractivity (Wildman–Crippen MR) is 133 cm³/mol. The Morgan fingerprint density at radius 3 is 2.59 bits per heavy atom. The van der Waals surface area contributed by atoms with E-state index in [0.29, 0.717) is 39.7 Å². The van der Waals surface area contributed by atoms with Gasteiger partial charge in [-0.05, 0) is 29.8 Å². The SMILES string of the molecule is Cn1ccc(-c2nc(N)c(CC(=O)Cc3ccccc3)nc2-c2cc(Cl)c3ncccc3c2)n1. The highest BCUT2D eigenvalue weighted by Gasteiger charge is 2.20. The maximum absolute atomic E-state index is 12.8. The molecule has 7 nitrogen and oxygen atoms in total. The van der Waals surface area contributed by atoms with E-state index in [1.807, 2.05) is 67.8 Å². The number of halogens is 1. The van der Waals surface area contributed by atoms with Crippen molar-refractivity contribution in [2.75, 3.05) is 5.73 Å². The average Bonchev–Trinajstić information content (AvgIpc) is 3.27. The highest BCUT2D eigenvalue weighted by Crippen LogP contribution is 2.34. The van der Waals surface area contributed by atoms with Crippen molar-refractivity contribution in [3.8, 4) is 22.6 Å². The smallest absolute Gasteiger partial charge is 0.146 e. The highest BCUT2D eigenvalue weighted by atomic mass is 35.5. The molecule has 0 radical (unpaired) electrons. The van der Waals surface area contributed by atoms with Gasteiger partial charge in [-0.25, -0.2) is 9.97 Å². The van der Waals surface area contributed by atoms with Gasteiger partial charge in [0.25, 0.3) is 0 Å². The van der Waals surface area contributed by atoms with Gasteiger partial charge in [0.05, 0.1) is 28.3 Å². The molecule has 0 aliphatic carbocycles. The van der Waals surface area contributed by atoms with Gasteiger partial charge >= 0.3 is 0 Å². The summed E-state index contributed by atoms with van der Waals surface area (Å²) in [5, 5.41) is 5.86. The summed E-state index contributed by atoms with van der Waals surface area (Å²) in [4.78, 5) is 26.6. The lowest BCUT2D eigenvalue weighted by Gasteiger charge is -2.13. The number of nitrogens with zero attached hydrogens (tertiary/aromatic N) is 5. The molecule has 3 aromatic heterocycles. The number of nitrogens with two attached hydrogens (primary N) is 1. The van der Waals surface area contributed by atoms with Crippen LogP contribution < -0.4 is 5.73 Å². The van der Waals surface area contributed by atoms with E-state index in [0.717, 1.165) is 16.5 Å². The molecule has 3 heterocycles. The van der Waals surface area contributed by atoms with Crippen molar-refractivity contribution in [1.82, 2.24) is 24.7 Å². The molecule has 0 aliphatic heterocycles. The second kappa shape index (κ2) is 9.03. The molecule has 8 heteroatoms. The van der Waals surface area contributed by atoms with Crippen LogP contribution in [-0.4, -0.2) is 30.5 Å². The number of fused-ring (bicyclic) bond motifs is 1. The topological polar surface area (TPSA) is 99.6 Å². The molecule has 0 atom stereocenters. The molecule has 0 saturated heterocycles. The normalized spacial score (nSPS) is 11.1. The van der Waals surface area contributed by atoms with E-state index in [-0.39, 0.29) is 18.0 Å². The Labute approximate surface area is 201 Å². The van der Waals surface area contributed by atoms with Crippen LogP contribution in [0, 0.1) is 0 Å². The summed E-state index contributed by atoms with van der Waals surface area (Å²) in [6.07, 6.45) is 3.90. The zero-order valence-electron chi connectivity index (χ0n) is 18.4. The first-order chi connectivity index (χ1) is 16.5. The fraction of sp³-hybridized carbons (Fsp3) is 0.115. The fourth-order valence-corrected chi connectivity index (χ4v) is 4.17. The third kappa shape index (κ3) is 4.38. The van der Waals surface area contributed by atoms with Gasteiger partial charge in [-0.2, -0.15) is 5.10 Å². The Balaban J connectivity index is 1.60. The van der Waals surface area contributed by atoms with Crippen LogP contribution in [-0.2, 0) is 24.7 Å². The van der Waals surface area contributed by atoms with Crippen molar-refractivity contribution < 1.29 is 4.79 Å². The van der Waals surface area contributed by atoms with E-state index in [1.165, 1.54) is 0 Å². The molecule has 2 aromatic carbocycles. The minimum absolute atomic E-state index is 0.00415. The fourth-order valence-electron chi connectivity index (χ4n) is 3.89. The number of aryl methyl sites for hydroxylation is 1. The number of hydrogen-bond donors (Lipinski definition) is 1. The van der Waals surface area contributed by atoms with Crippen LogP contribution in [0.3, 0.4) is 0 Å². The van der Waals surface area contributed by atoms with E-state index in [1.54, 1.807) is 16.9 Å². The first-order valence-corrected chi connectivity index (χ1v) is 11.1. The lowest BCUT2D eigenvalue weighted by molar-refractivity contribution is -0.117. The Kier molecular flexibility index (Phi) is 5.77. The summed E-state index contributed by atoms with van der Waals surface area (Å²) < 4.78 is 1.69. The molecule has 5 aromatic rings. The quantitative estimate of drug-likeness (QED) is 0.388. The molecule has 0 saturated carbocycles. The number of aromatic nitrogens is 5. The van der Waals surface area contributed by atoms with Crippen LogP contribution >= 0.6 is 11.6 Å². The number of carbonyl (C=O) groups is 1. The molecule has 0 spiro atoms. The minimum atomic E-state index is 0.00415. The third-order valence-electron chi connectivity index (χ3n) is 5.50. The molecule has 34 heavy (non-hydrogen) atoms. The largest absolute Gasteiger partial charge is 0.382 e. The van der Waals surface area contributed by atoms with Crippen LogP contribution in [0.2, 0.25) is 5.02 Å². The number of carbonyl (C=O) groups excluding carboxylic acids is 1. The Bertz CT molecular complexity index is 1510. The van der Waals surface area contributed by atoms with Crippen molar-refractivity contribution >= 4 is 34.1 Å².